The van der Waals surface area contributed by atoms with Crippen molar-refractivity contribution < 1.29 is 24.5 Å². The highest BCUT2D eigenvalue weighted by molar-refractivity contribution is 5.91. The number of aliphatic hydroxyl groups excluding tert-OH is 1. The van der Waals surface area contributed by atoms with Crippen molar-refractivity contribution in [2.24, 2.45) is 0 Å². The van der Waals surface area contributed by atoms with Crippen LogP contribution in [-0.2, 0) is 0 Å². The second-order valence-electron chi connectivity index (χ2n) is 3.59. The number of benzene rings is 1. The highest BCUT2D eigenvalue weighted by atomic mass is 16.5. The molecule has 1 heterocycles. The first kappa shape index (κ1) is 10.8. The number of carbonyl (C=O) groups is 1. The van der Waals surface area contributed by atoms with Gasteiger partial charge in [0, 0.05) is 17.5 Å². The fraction of sp³-hybridized carbons (Fsp3) is 0.364. The SMILES string of the molecule is COc1cc2c(cc1C(=O)O)C(CO)CO2. The molecule has 2 N–H and O–H groups in total. The second-order valence-corrected chi connectivity index (χ2v) is 3.59. The standard InChI is InChI=1S/C11H12O5/c1-15-9-3-10-7(2-8(9)11(13)14)6(4-12)5-16-10/h2-3,6,12H,4-5H2,1H3,(H,13,14). The van der Waals surface area contributed by atoms with E-state index in [4.69, 9.17) is 19.7 Å². The normalized spacial score (nSPS) is 17.8. The van der Waals surface area contributed by atoms with E-state index in [1.54, 1.807) is 6.07 Å². The summed E-state index contributed by atoms with van der Waals surface area (Å²) < 4.78 is 10.3. The van der Waals surface area contributed by atoms with Crippen LogP contribution in [0.3, 0.4) is 0 Å². The molecule has 16 heavy (non-hydrogen) atoms. The van der Waals surface area contributed by atoms with E-state index >= 15 is 0 Å². The molecule has 0 saturated carbocycles. The lowest BCUT2D eigenvalue weighted by molar-refractivity contribution is 0.0693. The van der Waals surface area contributed by atoms with Gasteiger partial charge in [0.2, 0.25) is 0 Å². The van der Waals surface area contributed by atoms with Gasteiger partial charge in [0.05, 0.1) is 20.3 Å². The van der Waals surface area contributed by atoms with Gasteiger partial charge in [-0.25, -0.2) is 4.79 Å². The van der Waals surface area contributed by atoms with Gasteiger partial charge >= 0.3 is 5.97 Å². The van der Waals surface area contributed by atoms with Gasteiger partial charge in [-0.05, 0) is 6.07 Å². The van der Waals surface area contributed by atoms with Crippen LogP contribution < -0.4 is 9.47 Å². The lowest BCUT2D eigenvalue weighted by Gasteiger charge is -2.08. The minimum Gasteiger partial charge on any atom is -0.496 e. The predicted octanol–water partition coefficient (Wildman–Crippen LogP) is 0.862. The minimum absolute atomic E-state index is 0.0572. The van der Waals surface area contributed by atoms with Crippen molar-refractivity contribution in [3.63, 3.8) is 0 Å². The summed E-state index contributed by atoms with van der Waals surface area (Å²) in [6, 6.07) is 3.05. The zero-order valence-corrected chi connectivity index (χ0v) is 8.77. The van der Waals surface area contributed by atoms with Gasteiger partial charge in [0.25, 0.3) is 0 Å². The van der Waals surface area contributed by atoms with Gasteiger partial charge in [0.1, 0.15) is 17.1 Å². The summed E-state index contributed by atoms with van der Waals surface area (Å²) in [7, 11) is 1.41. The molecule has 0 aromatic heterocycles. The quantitative estimate of drug-likeness (QED) is 0.796. The highest BCUT2D eigenvalue weighted by Gasteiger charge is 2.27. The minimum atomic E-state index is -1.05. The molecular formula is C11H12O5. The number of hydrogen-bond acceptors (Lipinski definition) is 4. The summed E-state index contributed by atoms with van der Waals surface area (Å²) in [5, 5.41) is 18.1. The van der Waals surface area contributed by atoms with E-state index in [1.165, 1.54) is 13.2 Å². The Kier molecular flexibility index (Phi) is 2.70. The second kappa shape index (κ2) is 4.02. The van der Waals surface area contributed by atoms with E-state index in [-0.39, 0.29) is 23.8 Å². The molecule has 1 aliphatic heterocycles. The first-order chi connectivity index (χ1) is 7.67. The first-order valence-corrected chi connectivity index (χ1v) is 4.86. The molecule has 1 aromatic carbocycles. The van der Waals surface area contributed by atoms with Crippen molar-refractivity contribution in [1.29, 1.82) is 0 Å². The topological polar surface area (TPSA) is 76.0 Å². The third kappa shape index (κ3) is 1.59. The van der Waals surface area contributed by atoms with E-state index < -0.39 is 5.97 Å². The van der Waals surface area contributed by atoms with Crippen molar-refractivity contribution in [3.05, 3.63) is 23.3 Å². The lowest BCUT2D eigenvalue weighted by Crippen LogP contribution is -2.06. The van der Waals surface area contributed by atoms with Gasteiger partial charge < -0.3 is 19.7 Å². The maximum atomic E-state index is 11.0. The summed E-state index contributed by atoms with van der Waals surface area (Å²) in [5.41, 5.74) is 0.811. The summed E-state index contributed by atoms with van der Waals surface area (Å²) in [5.74, 6) is -0.354. The Morgan fingerprint density at radius 2 is 2.38 bits per heavy atom. The smallest absolute Gasteiger partial charge is 0.339 e. The predicted molar refractivity (Wildman–Crippen MR) is 55.3 cm³/mol. The number of methoxy groups -OCH3 is 1. The molecule has 0 radical (unpaired) electrons. The third-order valence-corrected chi connectivity index (χ3v) is 2.66. The van der Waals surface area contributed by atoms with Crippen LogP contribution in [0, 0.1) is 0 Å². The zero-order valence-electron chi connectivity index (χ0n) is 8.77. The average Bonchev–Trinajstić information content (AvgIpc) is 2.68. The molecule has 0 aliphatic carbocycles. The van der Waals surface area contributed by atoms with E-state index in [0.717, 1.165) is 5.56 Å². The first-order valence-electron chi connectivity index (χ1n) is 4.86. The Labute approximate surface area is 92.2 Å². The Hall–Kier alpha value is -1.75. The molecule has 2 rings (SSSR count). The van der Waals surface area contributed by atoms with Gasteiger partial charge in [-0.3, -0.25) is 0 Å². The van der Waals surface area contributed by atoms with Crippen molar-refractivity contribution in [3.8, 4) is 11.5 Å². The van der Waals surface area contributed by atoms with Gasteiger partial charge in [0.15, 0.2) is 0 Å². The molecule has 1 aromatic rings. The van der Waals surface area contributed by atoms with E-state index in [1.807, 2.05) is 0 Å². The Balaban J connectivity index is 2.52. The fourth-order valence-electron chi connectivity index (χ4n) is 1.79. The van der Waals surface area contributed by atoms with Crippen LogP contribution in [0.15, 0.2) is 12.1 Å². The number of carboxylic acid groups (broad SMARTS) is 1. The maximum absolute atomic E-state index is 11.0. The van der Waals surface area contributed by atoms with Crippen molar-refractivity contribution in [2.45, 2.75) is 5.92 Å². The van der Waals surface area contributed by atoms with Crippen LogP contribution >= 0.6 is 0 Å². The van der Waals surface area contributed by atoms with Gasteiger partial charge in [-0.1, -0.05) is 0 Å². The molecule has 0 fully saturated rings. The highest BCUT2D eigenvalue weighted by Crippen LogP contribution is 2.38. The number of aliphatic hydroxyl groups is 1. The Bertz CT molecular complexity index is 427. The molecule has 0 bridgehead atoms. The van der Waals surface area contributed by atoms with Gasteiger partial charge in [-0.2, -0.15) is 0 Å². The van der Waals surface area contributed by atoms with Gasteiger partial charge in [-0.15, -0.1) is 0 Å². The molecule has 0 saturated heterocycles. The van der Waals surface area contributed by atoms with Crippen LogP contribution in [0.2, 0.25) is 0 Å². The molecule has 5 nitrogen and oxygen atoms in total. The number of ether oxygens (including phenoxy) is 2. The third-order valence-electron chi connectivity index (χ3n) is 2.66. The number of fused-ring (bicyclic) bond motifs is 1. The molecule has 5 heteroatoms. The van der Waals surface area contributed by atoms with E-state index in [0.29, 0.717) is 12.4 Å². The monoisotopic (exact) mass is 224 g/mol. The number of carboxylic acids is 1. The lowest BCUT2D eigenvalue weighted by atomic mass is 9.99. The summed E-state index contributed by atoms with van der Waals surface area (Å²) >= 11 is 0. The summed E-state index contributed by atoms with van der Waals surface area (Å²) in [6.45, 7) is 0.316. The van der Waals surface area contributed by atoms with Crippen LogP contribution in [0.1, 0.15) is 21.8 Å². The summed E-state index contributed by atoms with van der Waals surface area (Å²) in [4.78, 5) is 11.0. The van der Waals surface area contributed by atoms with E-state index in [9.17, 15) is 4.79 Å². The average molecular weight is 224 g/mol. The molecule has 1 atom stereocenters. The van der Waals surface area contributed by atoms with Crippen molar-refractivity contribution in [2.75, 3.05) is 20.3 Å². The molecular weight excluding hydrogens is 212 g/mol. The molecule has 0 spiro atoms. The zero-order chi connectivity index (χ0) is 11.7. The Morgan fingerprint density at radius 3 is 2.94 bits per heavy atom. The molecule has 1 aliphatic rings. The van der Waals surface area contributed by atoms with Crippen LogP contribution in [0.25, 0.3) is 0 Å². The number of hydrogen-bond donors (Lipinski definition) is 2. The van der Waals surface area contributed by atoms with Crippen LogP contribution in [0.5, 0.6) is 11.5 Å². The van der Waals surface area contributed by atoms with Crippen molar-refractivity contribution in [1.82, 2.24) is 0 Å². The number of aromatic carboxylic acids is 1. The van der Waals surface area contributed by atoms with Crippen molar-refractivity contribution >= 4 is 5.97 Å². The number of rotatable bonds is 3. The van der Waals surface area contributed by atoms with Crippen LogP contribution in [0.4, 0.5) is 0 Å². The molecule has 1 unspecified atom stereocenters. The maximum Gasteiger partial charge on any atom is 0.339 e. The summed E-state index contributed by atoms with van der Waals surface area (Å²) in [6.07, 6.45) is 0. The largest absolute Gasteiger partial charge is 0.496 e. The fourth-order valence-corrected chi connectivity index (χ4v) is 1.79. The molecule has 0 amide bonds. The van der Waals surface area contributed by atoms with Crippen LogP contribution in [-0.4, -0.2) is 36.5 Å². The molecule has 86 valence electrons. The Morgan fingerprint density at radius 1 is 1.62 bits per heavy atom. The van der Waals surface area contributed by atoms with E-state index in [2.05, 4.69) is 0 Å².